The molecule has 2 N–H and O–H groups in total. The highest BCUT2D eigenvalue weighted by atomic mass is 16.5. The minimum atomic E-state index is 0.176. The van der Waals surface area contributed by atoms with Gasteiger partial charge in [-0.05, 0) is 19.5 Å². The SMILES string of the molecule is COc1cccc(C2C(N)CCN2C)n1. The number of likely N-dealkylation sites (N-methyl/N-ethyl adjacent to an activating group) is 1. The van der Waals surface area contributed by atoms with Crippen molar-refractivity contribution in [2.75, 3.05) is 20.7 Å². The van der Waals surface area contributed by atoms with Gasteiger partial charge in [0.15, 0.2) is 0 Å². The number of rotatable bonds is 2. The Morgan fingerprint density at radius 2 is 2.33 bits per heavy atom. The summed E-state index contributed by atoms with van der Waals surface area (Å²) >= 11 is 0. The molecular weight excluding hydrogens is 190 g/mol. The molecule has 1 fully saturated rings. The fraction of sp³-hybridized carbons (Fsp3) is 0.545. The molecule has 2 rings (SSSR count). The first-order valence-electron chi connectivity index (χ1n) is 5.19. The molecule has 1 aromatic heterocycles. The lowest BCUT2D eigenvalue weighted by atomic mass is 10.1. The van der Waals surface area contributed by atoms with Crippen molar-refractivity contribution in [2.45, 2.75) is 18.5 Å². The molecular formula is C11H17N3O. The van der Waals surface area contributed by atoms with Crippen LogP contribution in [0.1, 0.15) is 18.2 Å². The van der Waals surface area contributed by atoms with E-state index in [-0.39, 0.29) is 12.1 Å². The van der Waals surface area contributed by atoms with Gasteiger partial charge in [-0.25, -0.2) is 4.98 Å². The van der Waals surface area contributed by atoms with Gasteiger partial charge in [0, 0.05) is 18.7 Å². The maximum Gasteiger partial charge on any atom is 0.213 e. The fourth-order valence-electron chi connectivity index (χ4n) is 2.13. The summed E-state index contributed by atoms with van der Waals surface area (Å²) < 4.78 is 5.11. The van der Waals surface area contributed by atoms with E-state index in [0.717, 1.165) is 18.7 Å². The number of hydrogen-bond acceptors (Lipinski definition) is 4. The molecule has 0 saturated carbocycles. The number of pyridine rings is 1. The van der Waals surface area contributed by atoms with Crippen LogP contribution in [0.25, 0.3) is 0 Å². The summed E-state index contributed by atoms with van der Waals surface area (Å²) in [5.74, 6) is 0.653. The Morgan fingerprint density at radius 1 is 1.53 bits per heavy atom. The van der Waals surface area contributed by atoms with Crippen molar-refractivity contribution in [3.05, 3.63) is 23.9 Å². The van der Waals surface area contributed by atoms with Gasteiger partial charge in [0.2, 0.25) is 5.88 Å². The normalized spacial score (nSPS) is 26.9. The predicted octanol–water partition coefficient (Wildman–Crippen LogP) is 0.794. The maximum absolute atomic E-state index is 6.07. The van der Waals surface area contributed by atoms with Crippen molar-refractivity contribution in [1.82, 2.24) is 9.88 Å². The molecule has 0 amide bonds. The van der Waals surface area contributed by atoms with E-state index in [4.69, 9.17) is 10.5 Å². The zero-order valence-corrected chi connectivity index (χ0v) is 9.18. The smallest absolute Gasteiger partial charge is 0.213 e. The van der Waals surface area contributed by atoms with Gasteiger partial charge in [0.25, 0.3) is 0 Å². The Labute approximate surface area is 90.0 Å². The van der Waals surface area contributed by atoms with Crippen LogP contribution in [0.5, 0.6) is 5.88 Å². The molecule has 0 radical (unpaired) electrons. The number of nitrogens with zero attached hydrogens (tertiary/aromatic N) is 2. The number of methoxy groups -OCH3 is 1. The standard InChI is InChI=1S/C11H17N3O/c1-14-7-6-8(12)11(14)9-4-3-5-10(13-9)15-2/h3-5,8,11H,6-7,12H2,1-2H3. The highest BCUT2D eigenvalue weighted by molar-refractivity contribution is 5.20. The molecule has 2 unspecified atom stereocenters. The van der Waals surface area contributed by atoms with Gasteiger partial charge >= 0.3 is 0 Å². The monoisotopic (exact) mass is 207 g/mol. The summed E-state index contributed by atoms with van der Waals surface area (Å²) in [5, 5.41) is 0. The van der Waals surface area contributed by atoms with Gasteiger partial charge in [-0.2, -0.15) is 0 Å². The van der Waals surface area contributed by atoms with E-state index >= 15 is 0 Å². The first kappa shape index (κ1) is 10.4. The number of hydrogen-bond donors (Lipinski definition) is 1. The molecule has 1 aliphatic heterocycles. The van der Waals surface area contributed by atoms with E-state index in [1.54, 1.807) is 7.11 Å². The summed E-state index contributed by atoms with van der Waals surface area (Å²) in [6, 6.07) is 6.22. The molecule has 0 spiro atoms. The van der Waals surface area contributed by atoms with Crippen LogP contribution in [-0.2, 0) is 0 Å². The van der Waals surface area contributed by atoms with Crippen LogP contribution < -0.4 is 10.5 Å². The minimum Gasteiger partial charge on any atom is -0.481 e. The molecule has 0 bridgehead atoms. The van der Waals surface area contributed by atoms with Crippen LogP contribution in [0.15, 0.2) is 18.2 Å². The summed E-state index contributed by atoms with van der Waals surface area (Å²) in [6.07, 6.45) is 1.03. The second-order valence-corrected chi connectivity index (χ2v) is 3.98. The number of likely N-dealkylation sites (tertiary alicyclic amines) is 1. The van der Waals surface area contributed by atoms with Gasteiger partial charge in [-0.1, -0.05) is 6.07 Å². The summed E-state index contributed by atoms with van der Waals surface area (Å²) in [5.41, 5.74) is 7.07. The molecule has 15 heavy (non-hydrogen) atoms. The zero-order chi connectivity index (χ0) is 10.8. The minimum absolute atomic E-state index is 0.176. The zero-order valence-electron chi connectivity index (χ0n) is 9.18. The van der Waals surface area contributed by atoms with Crippen molar-refractivity contribution in [1.29, 1.82) is 0 Å². The fourth-order valence-corrected chi connectivity index (χ4v) is 2.13. The molecule has 1 aromatic rings. The Hall–Kier alpha value is -1.13. The summed E-state index contributed by atoms with van der Waals surface area (Å²) in [6.45, 7) is 1.03. The predicted molar refractivity (Wildman–Crippen MR) is 58.8 cm³/mol. The largest absolute Gasteiger partial charge is 0.481 e. The van der Waals surface area contributed by atoms with Crippen LogP contribution in [-0.4, -0.2) is 36.6 Å². The van der Waals surface area contributed by atoms with Crippen LogP contribution in [0, 0.1) is 0 Å². The lowest BCUT2D eigenvalue weighted by Crippen LogP contribution is -2.30. The quantitative estimate of drug-likeness (QED) is 0.779. The second kappa shape index (κ2) is 4.16. The molecule has 2 atom stereocenters. The average Bonchev–Trinajstić information content (AvgIpc) is 2.59. The van der Waals surface area contributed by atoms with E-state index in [0.29, 0.717) is 5.88 Å². The van der Waals surface area contributed by atoms with Crippen molar-refractivity contribution >= 4 is 0 Å². The molecule has 2 heterocycles. The van der Waals surface area contributed by atoms with E-state index in [1.165, 1.54) is 0 Å². The van der Waals surface area contributed by atoms with Crippen molar-refractivity contribution in [3.63, 3.8) is 0 Å². The third-order valence-electron chi connectivity index (χ3n) is 2.95. The van der Waals surface area contributed by atoms with Crippen molar-refractivity contribution in [2.24, 2.45) is 5.73 Å². The number of aromatic nitrogens is 1. The molecule has 0 aliphatic carbocycles. The first-order valence-corrected chi connectivity index (χ1v) is 5.19. The molecule has 1 saturated heterocycles. The Kier molecular flexibility index (Phi) is 2.88. The van der Waals surface area contributed by atoms with Gasteiger partial charge in [0.05, 0.1) is 18.8 Å². The van der Waals surface area contributed by atoms with Gasteiger partial charge < -0.3 is 10.5 Å². The lowest BCUT2D eigenvalue weighted by molar-refractivity contribution is 0.295. The third kappa shape index (κ3) is 1.96. The van der Waals surface area contributed by atoms with E-state index in [2.05, 4.69) is 16.9 Å². The Morgan fingerprint density at radius 3 is 2.93 bits per heavy atom. The number of ether oxygens (including phenoxy) is 1. The van der Waals surface area contributed by atoms with E-state index in [9.17, 15) is 0 Å². The molecule has 1 aliphatic rings. The van der Waals surface area contributed by atoms with Gasteiger partial charge in [0.1, 0.15) is 0 Å². The Bertz CT molecular complexity index is 332. The third-order valence-corrected chi connectivity index (χ3v) is 2.95. The number of nitrogens with two attached hydrogens (primary N) is 1. The van der Waals surface area contributed by atoms with Crippen molar-refractivity contribution in [3.8, 4) is 5.88 Å². The van der Waals surface area contributed by atoms with Crippen LogP contribution >= 0.6 is 0 Å². The van der Waals surface area contributed by atoms with Crippen molar-refractivity contribution < 1.29 is 4.74 Å². The van der Waals surface area contributed by atoms with Crippen LogP contribution in [0.3, 0.4) is 0 Å². The first-order chi connectivity index (χ1) is 7.22. The second-order valence-electron chi connectivity index (χ2n) is 3.98. The summed E-state index contributed by atoms with van der Waals surface area (Å²) in [7, 11) is 3.71. The van der Waals surface area contributed by atoms with Gasteiger partial charge in [-0.3, -0.25) is 4.90 Å². The Balaban J connectivity index is 2.27. The van der Waals surface area contributed by atoms with Crippen LogP contribution in [0.2, 0.25) is 0 Å². The van der Waals surface area contributed by atoms with Crippen LogP contribution in [0.4, 0.5) is 0 Å². The molecule has 4 nitrogen and oxygen atoms in total. The molecule has 0 aromatic carbocycles. The van der Waals surface area contributed by atoms with E-state index < -0.39 is 0 Å². The molecule has 82 valence electrons. The lowest BCUT2D eigenvalue weighted by Gasteiger charge is -2.22. The average molecular weight is 207 g/mol. The molecule has 4 heteroatoms. The highest BCUT2D eigenvalue weighted by Crippen LogP contribution is 2.28. The summed E-state index contributed by atoms with van der Waals surface area (Å²) in [4.78, 5) is 6.67. The highest BCUT2D eigenvalue weighted by Gasteiger charge is 2.31. The maximum atomic E-state index is 6.07. The van der Waals surface area contributed by atoms with Gasteiger partial charge in [-0.15, -0.1) is 0 Å². The topological polar surface area (TPSA) is 51.4 Å². The van der Waals surface area contributed by atoms with E-state index in [1.807, 2.05) is 18.2 Å².